The van der Waals surface area contributed by atoms with Gasteiger partial charge in [0.1, 0.15) is 0 Å². The van der Waals surface area contributed by atoms with E-state index in [9.17, 15) is 9.59 Å². The van der Waals surface area contributed by atoms with E-state index in [1.165, 1.54) is 32.1 Å². The summed E-state index contributed by atoms with van der Waals surface area (Å²) in [6.45, 7) is 3.58. The van der Waals surface area contributed by atoms with Gasteiger partial charge in [-0.3, -0.25) is 4.79 Å². The zero-order valence-electron chi connectivity index (χ0n) is 15.4. The molecule has 2 unspecified atom stereocenters. The fourth-order valence-corrected chi connectivity index (χ4v) is 4.68. The van der Waals surface area contributed by atoms with Crippen molar-refractivity contribution in [2.75, 3.05) is 32.7 Å². The summed E-state index contributed by atoms with van der Waals surface area (Å²) in [7, 11) is 0. The zero-order valence-corrected chi connectivity index (χ0v) is 15.4. The van der Waals surface area contributed by atoms with Crippen molar-refractivity contribution < 1.29 is 9.59 Å². The summed E-state index contributed by atoms with van der Waals surface area (Å²) in [4.78, 5) is 29.2. The van der Waals surface area contributed by atoms with Crippen LogP contribution in [0.5, 0.6) is 0 Å². The van der Waals surface area contributed by atoms with E-state index in [-0.39, 0.29) is 23.9 Å². The van der Waals surface area contributed by atoms with Crippen LogP contribution in [0.15, 0.2) is 0 Å². The van der Waals surface area contributed by atoms with Gasteiger partial charge in [0, 0.05) is 38.8 Å². The van der Waals surface area contributed by atoms with Crippen molar-refractivity contribution in [3.8, 4) is 0 Å². The number of hydrogen-bond donors (Lipinski definition) is 2. The Bertz CT molecular complexity index is 458. The van der Waals surface area contributed by atoms with Crippen molar-refractivity contribution in [1.82, 2.24) is 15.1 Å². The van der Waals surface area contributed by atoms with Gasteiger partial charge >= 0.3 is 6.03 Å². The highest BCUT2D eigenvalue weighted by Gasteiger charge is 2.33. The molecule has 0 aromatic carbocycles. The Morgan fingerprint density at radius 1 is 0.920 bits per heavy atom. The zero-order chi connectivity index (χ0) is 17.6. The molecule has 142 valence electrons. The highest BCUT2D eigenvalue weighted by Crippen LogP contribution is 2.27. The number of piperidine rings is 1. The molecule has 2 saturated heterocycles. The van der Waals surface area contributed by atoms with Crippen LogP contribution in [0.3, 0.4) is 0 Å². The van der Waals surface area contributed by atoms with Crippen molar-refractivity contribution in [2.45, 2.75) is 63.8 Å². The third-order valence-corrected chi connectivity index (χ3v) is 6.24. The van der Waals surface area contributed by atoms with Crippen molar-refractivity contribution in [3.05, 3.63) is 0 Å². The summed E-state index contributed by atoms with van der Waals surface area (Å²) in [5, 5.41) is 3.22. The van der Waals surface area contributed by atoms with Gasteiger partial charge in [0.05, 0.1) is 5.92 Å². The molecule has 0 aromatic rings. The van der Waals surface area contributed by atoms with Gasteiger partial charge in [-0.15, -0.1) is 0 Å². The Kier molecular flexibility index (Phi) is 6.57. The average Bonchev–Trinajstić information content (AvgIpc) is 3.21. The van der Waals surface area contributed by atoms with Gasteiger partial charge in [0.25, 0.3) is 0 Å². The molecule has 1 saturated carbocycles. The molecule has 0 aromatic heterocycles. The monoisotopic (exact) mass is 350 g/mol. The lowest BCUT2D eigenvalue weighted by molar-refractivity contribution is -0.127. The Morgan fingerprint density at radius 2 is 1.60 bits per heavy atom. The minimum absolute atomic E-state index is 0.0852. The highest BCUT2D eigenvalue weighted by atomic mass is 16.2. The Hall–Kier alpha value is -1.30. The molecule has 0 radical (unpaired) electrons. The Morgan fingerprint density at radius 3 is 2.28 bits per heavy atom. The molecule has 2 heterocycles. The maximum atomic E-state index is 12.8. The van der Waals surface area contributed by atoms with Crippen LogP contribution in [-0.4, -0.2) is 60.5 Å². The Labute approximate surface area is 151 Å². The van der Waals surface area contributed by atoms with Crippen LogP contribution < -0.4 is 11.1 Å². The Balaban J connectivity index is 1.52. The first-order chi connectivity index (χ1) is 12.2. The van der Waals surface area contributed by atoms with Crippen LogP contribution in [0.25, 0.3) is 0 Å². The van der Waals surface area contributed by atoms with E-state index in [2.05, 4.69) is 5.32 Å². The minimum atomic E-state index is -0.0852. The van der Waals surface area contributed by atoms with Crippen LogP contribution >= 0.6 is 0 Å². The molecule has 1 aliphatic carbocycles. The van der Waals surface area contributed by atoms with Crippen molar-refractivity contribution in [2.24, 2.45) is 17.6 Å². The second kappa shape index (κ2) is 8.88. The molecule has 0 bridgehead atoms. The normalized spacial score (nSPS) is 26.5. The summed E-state index contributed by atoms with van der Waals surface area (Å²) in [5.41, 5.74) is 5.95. The quantitative estimate of drug-likeness (QED) is 0.813. The van der Waals surface area contributed by atoms with Gasteiger partial charge in [0.2, 0.25) is 5.91 Å². The molecule has 3 rings (SSSR count). The van der Waals surface area contributed by atoms with Crippen LogP contribution in [0.2, 0.25) is 0 Å². The number of nitrogens with two attached hydrogens (primary N) is 1. The third-order valence-electron chi connectivity index (χ3n) is 6.24. The first kappa shape index (κ1) is 18.5. The van der Waals surface area contributed by atoms with Crippen molar-refractivity contribution in [3.63, 3.8) is 0 Å². The number of urea groups is 1. The number of likely N-dealkylation sites (tertiary alicyclic amines) is 2. The van der Waals surface area contributed by atoms with Gasteiger partial charge in [-0.05, 0) is 44.4 Å². The van der Waals surface area contributed by atoms with E-state index in [0.717, 1.165) is 45.3 Å². The fraction of sp³-hybridized carbons (Fsp3) is 0.895. The van der Waals surface area contributed by atoms with E-state index in [0.29, 0.717) is 19.0 Å². The molecule has 3 fully saturated rings. The molecule has 3 amide bonds. The highest BCUT2D eigenvalue weighted by molar-refractivity contribution is 5.81. The SMILES string of the molecule is NCC(NC(=O)C1CCCN(C(=O)N2CCCC2)C1)C1CCCCC1. The summed E-state index contributed by atoms with van der Waals surface area (Å²) < 4.78 is 0. The van der Waals surface area contributed by atoms with Gasteiger partial charge in [-0.1, -0.05) is 19.3 Å². The summed E-state index contributed by atoms with van der Waals surface area (Å²) in [6.07, 6.45) is 10.1. The second-order valence-electron chi connectivity index (χ2n) is 8.01. The lowest BCUT2D eigenvalue weighted by atomic mass is 9.83. The van der Waals surface area contributed by atoms with E-state index in [1.54, 1.807) is 0 Å². The molecule has 6 nitrogen and oxygen atoms in total. The number of nitrogens with zero attached hydrogens (tertiary/aromatic N) is 2. The number of amides is 3. The number of hydrogen-bond acceptors (Lipinski definition) is 3. The number of carbonyl (C=O) groups is 2. The number of nitrogens with one attached hydrogen (secondary N) is 1. The molecular formula is C19H34N4O2. The van der Waals surface area contributed by atoms with Crippen LogP contribution in [0.1, 0.15) is 57.8 Å². The molecule has 0 spiro atoms. The van der Waals surface area contributed by atoms with E-state index >= 15 is 0 Å². The maximum Gasteiger partial charge on any atom is 0.320 e. The van der Waals surface area contributed by atoms with Gasteiger partial charge in [-0.2, -0.15) is 0 Å². The first-order valence-electron chi connectivity index (χ1n) is 10.2. The van der Waals surface area contributed by atoms with E-state index < -0.39 is 0 Å². The van der Waals surface area contributed by atoms with Crippen molar-refractivity contribution >= 4 is 11.9 Å². The predicted molar refractivity (Wildman–Crippen MR) is 98.1 cm³/mol. The molecule has 6 heteroatoms. The molecule has 25 heavy (non-hydrogen) atoms. The predicted octanol–water partition coefficient (Wildman–Crippen LogP) is 1.94. The topological polar surface area (TPSA) is 78.7 Å². The van der Waals surface area contributed by atoms with Crippen LogP contribution in [0.4, 0.5) is 4.79 Å². The van der Waals surface area contributed by atoms with Crippen molar-refractivity contribution in [1.29, 1.82) is 0 Å². The molecule has 3 aliphatic rings. The van der Waals surface area contributed by atoms with E-state index in [1.807, 2.05) is 9.80 Å². The lowest BCUT2D eigenvalue weighted by Crippen LogP contribution is -2.53. The molecule has 2 aliphatic heterocycles. The minimum Gasteiger partial charge on any atom is -0.352 e. The molecule has 2 atom stereocenters. The first-order valence-corrected chi connectivity index (χ1v) is 10.2. The summed E-state index contributed by atoms with van der Waals surface area (Å²) >= 11 is 0. The summed E-state index contributed by atoms with van der Waals surface area (Å²) in [6, 6.07) is 0.218. The summed E-state index contributed by atoms with van der Waals surface area (Å²) in [5.74, 6) is 0.534. The largest absolute Gasteiger partial charge is 0.352 e. The second-order valence-corrected chi connectivity index (χ2v) is 8.01. The van der Waals surface area contributed by atoms with Gasteiger partial charge in [0.15, 0.2) is 0 Å². The van der Waals surface area contributed by atoms with E-state index in [4.69, 9.17) is 5.73 Å². The lowest BCUT2D eigenvalue weighted by Gasteiger charge is -2.36. The average molecular weight is 351 g/mol. The third kappa shape index (κ3) is 4.66. The fourth-order valence-electron chi connectivity index (χ4n) is 4.68. The van der Waals surface area contributed by atoms with Gasteiger partial charge < -0.3 is 20.9 Å². The number of carbonyl (C=O) groups excluding carboxylic acids is 2. The number of rotatable bonds is 4. The maximum absolute atomic E-state index is 12.8. The molecule has 3 N–H and O–H groups in total. The standard InChI is InChI=1S/C19H34N4O2/c20-13-17(15-7-2-1-3-8-15)21-18(24)16-9-6-12-23(14-16)19(25)22-10-4-5-11-22/h15-17H,1-14,20H2,(H,21,24). The smallest absolute Gasteiger partial charge is 0.320 e. The van der Waals surface area contributed by atoms with Crippen LogP contribution in [-0.2, 0) is 4.79 Å². The van der Waals surface area contributed by atoms with Crippen LogP contribution in [0, 0.1) is 11.8 Å². The van der Waals surface area contributed by atoms with Gasteiger partial charge in [-0.25, -0.2) is 4.79 Å². The molecular weight excluding hydrogens is 316 g/mol.